The summed E-state index contributed by atoms with van der Waals surface area (Å²) in [4.78, 5) is 40.5. The first kappa shape index (κ1) is 50.7. The van der Waals surface area contributed by atoms with Crippen LogP contribution in [0.1, 0.15) is 85.5 Å². The molecule has 390 valence electrons. The number of rotatable bonds is 10. The zero-order valence-corrected chi connectivity index (χ0v) is 41.0. The predicted octanol–water partition coefficient (Wildman–Crippen LogP) is 5.13. The Morgan fingerprint density at radius 3 is 2.06 bits per heavy atom. The lowest BCUT2D eigenvalue weighted by molar-refractivity contribution is -0.363. The molecule has 4 saturated heterocycles. The van der Waals surface area contributed by atoms with Gasteiger partial charge in [0.15, 0.2) is 24.5 Å². The Bertz CT molecular complexity index is 2200. The van der Waals surface area contributed by atoms with Crippen molar-refractivity contribution in [1.82, 2.24) is 0 Å². The summed E-state index contributed by atoms with van der Waals surface area (Å²) in [5, 5.41) is 61.6. The van der Waals surface area contributed by atoms with Gasteiger partial charge in [0.2, 0.25) is 0 Å². The van der Waals surface area contributed by atoms with Crippen molar-refractivity contribution in [2.45, 2.75) is 165 Å². The van der Waals surface area contributed by atoms with Crippen molar-refractivity contribution in [3.05, 3.63) is 60.7 Å². The lowest BCUT2D eigenvalue weighted by Gasteiger charge is -2.60. The topological polar surface area (TPSA) is 250 Å². The average molecular weight is 993 g/mol. The van der Waals surface area contributed by atoms with E-state index in [2.05, 4.69) is 38.3 Å². The standard InChI is InChI=1S/C53H72N2O16/c1-27-17-20-53(65-25-27)28(2)39-36(71-53)22-34-33-16-15-29-21-32(18-19-51(29,3)40(33)35(57)23-52(34,39)4)66-47-43(60)41(58)45(37(24-56)67-47)69-48-44(61)42(59)46(70-50(63)55-31-13-9-6-10-14-31)38(68-48)26-64-49(62)54-30-11-7-5-8-12-30/h5-14,27-29,32-34,36-48,56,58-61H,15-26H2,1-4H3,(H,54,62)(H,55,63)/t27-,28?,29+,32+,33+,34+,36?,37-,38-,39?,40-,41-,42-,43-,44-,45-,46-,47-,48+,51+,52+,53-/m1/s1. The van der Waals surface area contributed by atoms with E-state index in [0.29, 0.717) is 54.9 Å². The molecule has 71 heavy (non-hydrogen) atoms. The number of hydrogen-bond acceptors (Lipinski definition) is 16. The first-order valence-corrected chi connectivity index (χ1v) is 25.8. The highest BCUT2D eigenvalue weighted by Crippen LogP contribution is 2.70. The normalized spacial score (nSPS) is 46.0. The number of amides is 2. The van der Waals surface area contributed by atoms with Crippen molar-refractivity contribution in [1.29, 1.82) is 0 Å². The van der Waals surface area contributed by atoms with Gasteiger partial charge in [-0.15, -0.1) is 0 Å². The van der Waals surface area contributed by atoms with Crippen LogP contribution < -0.4 is 10.6 Å². The van der Waals surface area contributed by atoms with Gasteiger partial charge in [0.25, 0.3) is 0 Å². The molecule has 4 aliphatic carbocycles. The molecule has 10 rings (SSSR count). The number of aliphatic hydroxyl groups excluding tert-OH is 5. The molecule has 4 heterocycles. The molecule has 22 atom stereocenters. The Morgan fingerprint density at radius 1 is 0.746 bits per heavy atom. The van der Waals surface area contributed by atoms with E-state index in [1.807, 2.05) is 0 Å². The van der Waals surface area contributed by atoms with Gasteiger partial charge in [-0.2, -0.15) is 0 Å². The smallest absolute Gasteiger partial charge is 0.412 e. The molecule has 2 amide bonds. The molecule has 1 spiro atoms. The fraction of sp³-hybridized carbons (Fsp3) is 0.717. The Morgan fingerprint density at radius 2 is 1.39 bits per heavy atom. The first-order valence-electron chi connectivity index (χ1n) is 25.8. The second-order valence-electron chi connectivity index (χ2n) is 22.5. The van der Waals surface area contributed by atoms with Crippen LogP contribution in [0.3, 0.4) is 0 Å². The highest BCUT2D eigenvalue weighted by molar-refractivity contribution is 5.85. The molecule has 18 heteroatoms. The maximum Gasteiger partial charge on any atom is 0.412 e. The molecule has 2 aromatic rings. The van der Waals surface area contributed by atoms with Crippen molar-refractivity contribution < 1.29 is 77.8 Å². The first-order chi connectivity index (χ1) is 34.0. The average Bonchev–Trinajstić information content (AvgIpc) is 3.80. The number of ether oxygens (including phenoxy) is 8. The molecule has 2 aromatic carbocycles. The van der Waals surface area contributed by atoms with Gasteiger partial charge in [0.1, 0.15) is 55.1 Å². The van der Waals surface area contributed by atoms with Crippen molar-refractivity contribution in [2.24, 2.45) is 52.3 Å². The monoisotopic (exact) mass is 992 g/mol. The van der Waals surface area contributed by atoms with Crippen LogP contribution in [0, 0.1) is 52.3 Å². The van der Waals surface area contributed by atoms with Crippen LogP contribution in [0.4, 0.5) is 21.0 Å². The fourth-order valence-electron chi connectivity index (χ4n) is 14.8. The van der Waals surface area contributed by atoms with Gasteiger partial charge in [0.05, 0.1) is 25.4 Å². The van der Waals surface area contributed by atoms with Crippen LogP contribution >= 0.6 is 0 Å². The van der Waals surface area contributed by atoms with Gasteiger partial charge >= 0.3 is 12.2 Å². The van der Waals surface area contributed by atoms with Gasteiger partial charge in [-0.05, 0) is 110 Å². The number of fused-ring (bicyclic) bond motifs is 7. The number of anilines is 2. The molecule has 4 aliphatic heterocycles. The number of carbonyl (C=O) groups is 3. The molecule has 18 nitrogen and oxygen atoms in total. The summed E-state index contributed by atoms with van der Waals surface area (Å²) < 4.78 is 48.9. The third-order valence-electron chi connectivity index (χ3n) is 18.3. The van der Waals surface area contributed by atoms with Gasteiger partial charge < -0.3 is 63.4 Å². The van der Waals surface area contributed by atoms with Crippen molar-refractivity contribution in [3.8, 4) is 0 Å². The Hall–Kier alpha value is -3.79. The maximum atomic E-state index is 14.7. The number of para-hydroxylation sites is 2. The predicted molar refractivity (Wildman–Crippen MR) is 252 cm³/mol. The molecule has 8 fully saturated rings. The Balaban J connectivity index is 0.771. The number of Topliss-reactive ketones (excluding diaryl/α,β-unsaturated/α-hetero) is 1. The third-order valence-corrected chi connectivity index (χ3v) is 18.3. The minimum absolute atomic E-state index is 0.0630. The van der Waals surface area contributed by atoms with E-state index in [1.54, 1.807) is 60.7 Å². The van der Waals surface area contributed by atoms with E-state index in [0.717, 1.165) is 38.5 Å². The van der Waals surface area contributed by atoms with Crippen molar-refractivity contribution in [3.63, 3.8) is 0 Å². The second-order valence-corrected chi connectivity index (χ2v) is 22.5. The van der Waals surface area contributed by atoms with Crippen LogP contribution in [0.5, 0.6) is 0 Å². The van der Waals surface area contributed by atoms with E-state index in [-0.39, 0.29) is 52.6 Å². The summed E-state index contributed by atoms with van der Waals surface area (Å²) in [6, 6.07) is 16.8. The highest BCUT2D eigenvalue weighted by atomic mass is 16.8. The van der Waals surface area contributed by atoms with E-state index in [4.69, 9.17) is 37.9 Å². The summed E-state index contributed by atoms with van der Waals surface area (Å²) in [7, 11) is 0. The number of ketones is 1. The summed E-state index contributed by atoms with van der Waals surface area (Å²) in [6.07, 6.45) is -11.0. The summed E-state index contributed by atoms with van der Waals surface area (Å²) >= 11 is 0. The molecule has 8 aliphatic rings. The minimum atomic E-state index is -1.91. The van der Waals surface area contributed by atoms with Crippen molar-refractivity contribution >= 4 is 29.3 Å². The number of hydrogen-bond donors (Lipinski definition) is 7. The number of nitrogens with one attached hydrogen (secondary N) is 2. The number of carbonyl (C=O) groups excluding carboxylic acids is 3. The van der Waals surface area contributed by atoms with E-state index < -0.39 is 92.6 Å². The van der Waals surface area contributed by atoms with Gasteiger partial charge in [-0.3, -0.25) is 15.4 Å². The molecular weight excluding hydrogens is 921 g/mol. The largest absolute Gasteiger partial charge is 0.446 e. The minimum Gasteiger partial charge on any atom is -0.446 e. The summed E-state index contributed by atoms with van der Waals surface area (Å²) in [5.41, 5.74) is 0.443. The molecule has 3 unspecified atom stereocenters. The second kappa shape index (κ2) is 20.1. The zero-order valence-electron chi connectivity index (χ0n) is 41.0. The van der Waals surface area contributed by atoms with E-state index in [9.17, 15) is 39.9 Å². The van der Waals surface area contributed by atoms with Crippen LogP contribution in [0.25, 0.3) is 0 Å². The van der Waals surface area contributed by atoms with Crippen LogP contribution in [0.2, 0.25) is 0 Å². The molecule has 7 N–H and O–H groups in total. The zero-order chi connectivity index (χ0) is 50.0. The van der Waals surface area contributed by atoms with Crippen LogP contribution in [-0.4, -0.2) is 143 Å². The van der Waals surface area contributed by atoms with E-state index in [1.165, 1.54) is 0 Å². The quantitative estimate of drug-likeness (QED) is 0.152. The molecular formula is C53H72N2O16. The lowest BCUT2D eigenvalue weighted by Crippen LogP contribution is -2.65. The third kappa shape index (κ3) is 9.42. The lowest BCUT2D eigenvalue weighted by atomic mass is 9.44. The number of aliphatic hydroxyl groups is 5. The Kier molecular flexibility index (Phi) is 14.4. The van der Waals surface area contributed by atoms with Gasteiger partial charge in [0, 0.05) is 36.1 Å². The van der Waals surface area contributed by atoms with Gasteiger partial charge in [-0.25, -0.2) is 9.59 Å². The summed E-state index contributed by atoms with van der Waals surface area (Å²) in [6.45, 7) is 8.57. The van der Waals surface area contributed by atoms with Gasteiger partial charge in [-0.1, -0.05) is 64.1 Å². The Labute approximate surface area is 414 Å². The highest BCUT2D eigenvalue weighted by Gasteiger charge is 2.71. The van der Waals surface area contributed by atoms with Crippen LogP contribution in [-0.2, 0) is 42.7 Å². The molecule has 0 aromatic heterocycles. The van der Waals surface area contributed by atoms with E-state index >= 15 is 0 Å². The van der Waals surface area contributed by atoms with Crippen LogP contribution in [0.15, 0.2) is 60.7 Å². The molecule has 0 bridgehead atoms. The molecule has 4 saturated carbocycles. The maximum absolute atomic E-state index is 14.7. The fourth-order valence-corrected chi connectivity index (χ4v) is 14.8. The summed E-state index contributed by atoms with van der Waals surface area (Å²) in [5.74, 6) is 1.62. The van der Waals surface area contributed by atoms with Crippen molar-refractivity contribution in [2.75, 3.05) is 30.5 Å². The molecule has 0 radical (unpaired) electrons. The number of benzene rings is 2. The SMILES string of the molecule is CC1C2C(C[C@H]3[C@@H]4CC[C@H]5C[C@@H](O[C@@H]6O[C@H](CO)[C@@H](O[C@@H]7O[C@H](COC(=O)Nc8ccccc8)[C@@H](OC(=O)Nc8ccccc8)[C@H](O)[C@H]7O)[C@H](O)[C@H]6O)CC[C@]5(C)[C@H]4C(=O)C[C@]23C)O[C@]12CC[C@@H](C)CO2.